The summed E-state index contributed by atoms with van der Waals surface area (Å²) in [5, 5.41) is 10.6. The number of benzene rings is 2. The van der Waals surface area contributed by atoms with Crippen molar-refractivity contribution in [3.05, 3.63) is 57.6 Å². The van der Waals surface area contributed by atoms with Gasteiger partial charge in [-0.3, -0.25) is 0 Å². The van der Waals surface area contributed by atoms with E-state index >= 15 is 0 Å². The first-order chi connectivity index (χ1) is 9.16. The summed E-state index contributed by atoms with van der Waals surface area (Å²) in [4.78, 5) is 0. The highest BCUT2D eigenvalue weighted by Gasteiger charge is 2.23. The topological polar surface area (TPSA) is 55.5 Å². The molecule has 0 saturated heterocycles. The van der Waals surface area contributed by atoms with Gasteiger partial charge in [-0.2, -0.15) is 0 Å². The van der Waals surface area contributed by atoms with Crippen LogP contribution in [0.15, 0.2) is 40.9 Å². The zero-order chi connectivity index (χ0) is 13.4. The number of rotatable bonds is 2. The number of aliphatic hydroxyl groups excluding tert-OH is 1. The van der Waals surface area contributed by atoms with Crippen molar-refractivity contribution in [3.63, 3.8) is 0 Å². The Balaban J connectivity index is 2.07. The van der Waals surface area contributed by atoms with Crippen LogP contribution in [-0.4, -0.2) is 11.7 Å². The van der Waals surface area contributed by atoms with Gasteiger partial charge in [0, 0.05) is 27.7 Å². The Morgan fingerprint density at radius 1 is 1.21 bits per heavy atom. The SMILES string of the molecule is Nc1ccc(Br)cc1C(O)c1cccc2c1OCC2. The number of fused-ring (bicyclic) bond motifs is 1. The number of hydrogen-bond acceptors (Lipinski definition) is 3. The van der Waals surface area contributed by atoms with Crippen LogP contribution in [0.5, 0.6) is 5.75 Å². The maximum Gasteiger partial charge on any atom is 0.128 e. The van der Waals surface area contributed by atoms with Gasteiger partial charge in [-0.15, -0.1) is 0 Å². The number of nitrogens with two attached hydrogens (primary N) is 1. The molecule has 4 heteroatoms. The van der Waals surface area contributed by atoms with Gasteiger partial charge in [-0.05, 0) is 23.8 Å². The maximum atomic E-state index is 10.6. The lowest BCUT2D eigenvalue weighted by atomic mass is 9.97. The lowest BCUT2D eigenvalue weighted by Crippen LogP contribution is -2.05. The van der Waals surface area contributed by atoms with Crippen molar-refractivity contribution in [3.8, 4) is 5.75 Å². The van der Waals surface area contributed by atoms with Gasteiger partial charge >= 0.3 is 0 Å². The average molecular weight is 320 g/mol. The molecule has 0 fully saturated rings. The van der Waals surface area contributed by atoms with Gasteiger partial charge in [0.05, 0.1) is 6.61 Å². The van der Waals surface area contributed by atoms with E-state index in [2.05, 4.69) is 15.9 Å². The Bertz CT molecular complexity index is 628. The molecule has 3 rings (SSSR count). The maximum absolute atomic E-state index is 10.6. The molecule has 0 amide bonds. The molecule has 0 spiro atoms. The van der Waals surface area contributed by atoms with E-state index in [1.54, 1.807) is 6.07 Å². The van der Waals surface area contributed by atoms with E-state index in [-0.39, 0.29) is 0 Å². The Labute approximate surface area is 120 Å². The van der Waals surface area contributed by atoms with Gasteiger partial charge in [0.2, 0.25) is 0 Å². The zero-order valence-electron chi connectivity index (χ0n) is 10.3. The molecule has 1 aliphatic heterocycles. The number of anilines is 1. The van der Waals surface area contributed by atoms with Gasteiger partial charge in [0.1, 0.15) is 11.9 Å². The number of para-hydroxylation sites is 1. The molecule has 0 aliphatic carbocycles. The summed E-state index contributed by atoms with van der Waals surface area (Å²) < 4.78 is 6.52. The zero-order valence-corrected chi connectivity index (χ0v) is 11.9. The third-order valence-corrected chi connectivity index (χ3v) is 3.88. The molecule has 2 aromatic carbocycles. The monoisotopic (exact) mass is 319 g/mol. The van der Waals surface area contributed by atoms with E-state index in [1.165, 1.54) is 0 Å². The normalized spacial score (nSPS) is 14.8. The summed E-state index contributed by atoms with van der Waals surface area (Å²) in [6.07, 6.45) is 0.120. The Morgan fingerprint density at radius 2 is 2.05 bits per heavy atom. The Hall–Kier alpha value is -1.52. The smallest absolute Gasteiger partial charge is 0.128 e. The molecule has 98 valence electrons. The number of nitrogen functional groups attached to an aromatic ring is 1. The standard InChI is InChI=1S/C15H14BrNO2/c16-10-4-5-13(17)12(8-10)14(18)11-3-1-2-9-6-7-19-15(9)11/h1-5,8,14,18H,6-7,17H2. The van der Waals surface area contributed by atoms with Crippen LogP contribution >= 0.6 is 15.9 Å². The van der Waals surface area contributed by atoms with Crippen molar-refractivity contribution in [2.45, 2.75) is 12.5 Å². The quantitative estimate of drug-likeness (QED) is 0.836. The molecular formula is C15H14BrNO2. The van der Waals surface area contributed by atoms with Crippen molar-refractivity contribution in [2.24, 2.45) is 0 Å². The molecule has 3 N–H and O–H groups in total. The molecule has 1 atom stereocenters. The third-order valence-electron chi connectivity index (χ3n) is 3.38. The van der Waals surface area contributed by atoms with Crippen molar-refractivity contribution >= 4 is 21.6 Å². The van der Waals surface area contributed by atoms with Crippen LogP contribution in [0, 0.1) is 0 Å². The Morgan fingerprint density at radius 3 is 2.89 bits per heavy atom. The first kappa shape index (κ1) is 12.5. The minimum atomic E-state index is -0.773. The molecule has 19 heavy (non-hydrogen) atoms. The molecule has 3 nitrogen and oxygen atoms in total. The first-order valence-corrected chi connectivity index (χ1v) is 6.93. The van der Waals surface area contributed by atoms with Crippen LogP contribution in [0.1, 0.15) is 22.8 Å². The van der Waals surface area contributed by atoms with Crippen LogP contribution in [0.2, 0.25) is 0 Å². The number of halogens is 1. The van der Waals surface area contributed by atoms with E-state index in [1.807, 2.05) is 30.3 Å². The predicted molar refractivity (Wildman–Crippen MR) is 78.3 cm³/mol. The van der Waals surface area contributed by atoms with Crippen LogP contribution in [0.4, 0.5) is 5.69 Å². The highest BCUT2D eigenvalue weighted by atomic mass is 79.9. The molecule has 2 aromatic rings. The van der Waals surface area contributed by atoms with Crippen molar-refractivity contribution < 1.29 is 9.84 Å². The van der Waals surface area contributed by atoms with E-state index in [9.17, 15) is 5.11 Å². The molecular weight excluding hydrogens is 306 g/mol. The second-order valence-electron chi connectivity index (χ2n) is 4.61. The molecule has 0 saturated carbocycles. The first-order valence-electron chi connectivity index (χ1n) is 6.14. The van der Waals surface area contributed by atoms with Gasteiger partial charge in [0.25, 0.3) is 0 Å². The fraction of sp³-hybridized carbons (Fsp3) is 0.200. The fourth-order valence-corrected chi connectivity index (χ4v) is 2.78. The number of ether oxygens (including phenoxy) is 1. The lowest BCUT2D eigenvalue weighted by Gasteiger charge is -2.17. The van der Waals surface area contributed by atoms with Gasteiger partial charge in [-0.25, -0.2) is 0 Å². The fourth-order valence-electron chi connectivity index (χ4n) is 2.41. The summed E-state index contributed by atoms with van der Waals surface area (Å²) in [5.41, 5.74) is 9.14. The van der Waals surface area contributed by atoms with Crippen molar-refractivity contribution in [1.29, 1.82) is 0 Å². The molecule has 1 unspecified atom stereocenters. The van der Waals surface area contributed by atoms with E-state index in [4.69, 9.17) is 10.5 Å². The van der Waals surface area contributed by atoms with E-state index in [0.29, 0.717) is 17.9 Å². The molecule has 0 aromatic heterocycles. The molecule has 0 bridgehead atoms. The van der Waals surface area contributed by atoms with E-state index in [0.717, 1.165) is 27.8 Å². The number of hydrogen-bond donors (Lipinski definition) is 2. The van der Waals surface area contributed by atoms with Crippen molar-refractivity contribution in [1.82, 2.24) is 0 Å². The Kier molecular flexibility index (Phi) is 3.21. The summed E-state index contributed by atoms with van der Waals surface area (Å²) >= 11 is 3.40. The second-order valence-corrected chi connectivity index (χ2v) is 5.53. The van der Waals surface area contributed by atoms with Crippen LogP contribution in [0.25, 0.3) is 0 Å². The van der Waals surface area contributed by atoms with Gasteiger partial charge < -0.3 is 15.6 Å². The summed E-state index contributed by atoms with van der Waals surface area (Å²) in [7, 11) is 0. The lowest BCUT2D eigenvalue weighted by molar-refractivity contribution is 0.214. The van der Waals surface area contributed by atoms with Crippen LogP contribution < -0.4 is 10.5 Å². The van der Waals surface area contributed by atoms with Gasteiger partial charge in [-0.1, -0.05) is 34.1 Å². The minimum Gasteiger partial charge on any atom is -0.493 e. The number of aliphatic hydroxyl groups is 1. The minimum absolute atomic E-state index is 0.575. The summed E-state index contributed by atoms with van der Waals surface area (Å²) in [6, 6.07) is 11.3. The highest BCUT2D eigenvalue weighted by molar-refractivity contribution is 9.10. The molecule has 0 radical (unpaired) electrons. The summed E-state index contributed by atoms with van der Waals surface area (Å²) in [6.45, 7) is 0.674. The second kappa shape index (κ2) is 4.87. The van der Waals surface area contributed by atoms with E-state index < -0.39 is 6.10 Å². The summed E-state index contributed by atoms with van der Waals surface area (Å²) in [5.74, 6) is 0.800. The average Bonchev–Trinajstić information content (AvgIpc) is 2.89. The highest BCUT2D eigenvalue weighted by Crippen LogP contribution is 2.38. The molecule has 1 heterocycles. The largest absolute Gasteiger partial charge is 0.493 e. The van der Waals surface area contributed by atoms with Gasteiger partial charge in [0.15, 0.2) is 0 Å². The molecule has 1 aliphatic rings. The third kappa shape index (κ3) is 2.22. The van der Waals surface area contributed by atoms with Crippen molar-refractivity contribution in [2.75, 3.05) is 12.3 Å². The van der Waals surface area contributed by atoms with Crippen LogP contribution in [0.3, 0.4) is 0 Å². The predicted octanol–water partition coefficient (Wildman–Crippen LogP) is 3.05. The van der Waals surface area contributed by atoms with Crippen LogP contribution in [-0.2, 0) is 6.42 Å².